The van der Waals surface area contributed by atoms with Crippen molar-refractivity contribution in [3.8, 4) is 0 Å². The van der Waals surface area contributed by atoms with Crippen molar-refractivity contribution in [2.45, 2.75) is 39.5 Å². The van der Waals surface area contributed by atoms with Crippen molar-refractivity contribution in [1.82, 2.24) is 9.62 Å². The zero-order valence-electron chi connectivity index (χ0n) is 11.8. The van der Waals surface area contributed by atoms with Gasteiger partial charge in [0, 0.05) is 26.1 Å². The van der Waals surface area contributed by atoms with Gasteiger partial charge in [-0.1, -0.05) is 13.8 Å². The van der Waals surface area contributed by atoms with E-state index in [1.165, 1.54) is 0 Å². The minimum absolute atomic E-state index is 0.0150. The summed E-state index contributed by atoms with van der Waals surface area (Å²) in [5.41, 5.74) is 0.0150. The predicted molar refractivity (Wildman–Crippen MR) is 74.1 cm³/mol. The summed E-state index contributed by atoms with van der Waals surface area (Å²) in [7, 11) is -3.11. The van der Waals surface area contributed by atoms with Gasteiger partial charge in [0.05, 0.1) is 5.75 Å². The molecule has 2 saturated heterocycles. The van der Waals surface area contributed by atoms with Crippen molar-refractivity contribution in [1.29, 1.82) is 0 Å². The molecule has 0 atom stereocenters. The van der Waals surface area contributed by atoms with Crippen LogP contribution >= 0.6 is 0 Å². The second-order valence-electron chi connectivity index (χ2n) is 6.35. The summed E-state index contributed by atoms with van der Waals surface area (Å²) < 4.78 is 26.0. The van der Waals surface area contributed by atoms with Crippen molar-refractivity contribution in [2.24, 2.45) is 11.3 Å². The van der Waals surface area contributed by atoms with Gasteiger partial charge in [-0.05, 0) is 30.6 Å². The highest BCUT2D eigenvalue weighted by Crippen LogP contribution is 2.38. The third kappa shape index (κ3) is 3.48. The first kappa shape index (κ1) is 14.8. The molecule has 5 nitrogen and oxygen atoms in total. The van der Waals surface area contributed by atoms with Crippen LogP contribution in [0.2, 0.25) is 0 Å². The van der Waals surface area contributed by atoms with Crippen LogP contribution in [0.15, 0.2) is 0 Å². The normalized spacial score (nSPS) is 24.1. The zero-order valence-corrected chi connectivity index (χ0v) is 12.6. The Balaban J connectivity index is 1.91. The molecule has 0 aromatic rings. The predicted octanol–water partition coefficient (Wildman–Crippen LogP) is 0.964. The molecule has 2 rings (SSSR count). The number of rotatable bonds is 4. The second-order valence-corrected chi connectivity index (χ2v) is 8.44. The largest absolute Gasteiger partial charge is 0.356 e. The van der Waals surface area contributed by atoms with E-state index >= 15 is 0 Å². The summed E-state index contributed by atoms with van der Waals surface area (Å²) in [6.07, 6.45) is 2.87. The zero-order chi connectivity index (χ0) is 14.1. The molecule has 19 heavy (non-hydrogen) atoms. The number of amides is 1. The van der Waals surface area contributed by atoms with E-state index in [9.17, 15) is 13.2 Å². The molecule has 0 radical (unpaired) electrons. The lowest BCUT2D eigenvalue weighted by Gasteiger charge is -2.37. The van der Waals surface area contributed by atoms with Crippen molar-refractivity contribution in [2.75, 3.05) is 25.4 Å². The van der Waals surface area contributed by atoms with E-state index in [0.29, 0.717) is 38.4 Å². The third-order valence-electron chi connectivity index (χ3n) is 4.33. The molecule has 0 saturated carbocycles. The molecule has 1 amide bonds. The summed E-state index contributed by atoms with van der Waals surface area (Å²) in [6, 6.07) is 0. The quantitative estimate of drug-likeness (QED) is 0.838. The molecular formula is C13H24N2O3S. The van der Waals surface area contributed by atoms with E-state index in [1.54, 1.807) is 4.31 Å². The van der Waals surface area contributed by atoms with Crippen molar-refractivity contribution >= 4 is 15.9 Å². The van der Waals surface area contributed by atoms with Gasteiger partial charge >= 0.3 is 0 Å². The Kier molecular flexibility index (Phi) is 4.20. The number of carbonyl (C=O) groups is 1. The minimum atomic E-state index is -3.11. The first-order valence-corrected chi connectivity index (χ1v) is 8.68. The lowest BCUT2D eigenvalue weighted by molar-refractivity contribution is -0.119. The number of nitrogens with zero attached hydrogens (tertiary/aromatic N) is 1. The SMILES string of the molecule is CC(C)CCS(=O)(=O)N1CCC2(CC1)CNC(=O)C2. The number of piperidine rings is 1. The molecule has 0 aliphatic carbocycles. The molecular weight excluding hydrogens is 264 g/mol. The van der Waals surface area contributed by atoms with Crippen LogP contribution in [-0.4, -0.2) is 44.0 Å². The Morgan fingerprint density at radius 1 is 1.32 bits per heavy atom. The fourth-order valence-electron chi connectivity index (χ4n) is 2.86. The van der Waals surface area contributed by atoms with Gasteiger partial charge in [0.25, 0.3) is 0 Å². The maximum atomic E-state index is 12.2. The fraction of sp³-hybridized carbons (Fsp3) is 0.923. The summed E-state index contributed by atoms with van der Waals surface area (Å²) >= 11 is 0. The van der Waals surface area contributed by atoms with Crippen molar-refractivity contribution in [3.63, 3.8) is 0 Å². The van der Waals surface area contributed by atoms with Gasteiger partial charge in [-0.25, -0.2) is 12.7 Å². The number of hydrogen-bond donors (Lipinski definition) is 1. The highest BCUT2D eigenvalue weighted by Gasteiger charge is 2.42. The van der Waals surface area contributed by atoms with Gasteiger partial charge in [0.15, 0.2) is 0 Å². The first-order chi connectivity index (χ1) is 8.83. The third-order valence-corrected chi connectivity index (χ3v) is 6.23. The smallest absolute Gasteiger partial charge is 0.220 e. The molecule has 2 aliphatic heterocycles. The van der Waals surface area contributed by atoms with E-state index < -0.39 is 10.0 Å². The molecule has 2 heterocycles. The molecule has 0 aromatic heterocycles. The summed E-state index contributed by atoms with van der Waals surface area (Å²) in [5.74, 6) is 0.758. The van der Waals surface area contributed by atoms with E-state index in [-0.39, 0.29) is 17.1 Å². The van der Waals surface area contributed by atoms with Gasteiger partial charge in [-0.2, -0.15) is 0 Å². The van der Waals surface area contributed by atoms with E-state index in [0.717, 1.165) is 12.8 Å². The van der Waals surface area contributed by atoms with Crippen LogP contribution in [0.3, 0.4) is 0 Å². The lowest BCUT2D eigenvalue weighted by atomic mass is 9.78. The second kappa shape index (κ2) is 5.40. The van der Waals surface area contributed by atoms with E-state index in [4.69, 9.17) is 0 Å². The van der Waals surface area contributed by atoms with Gasteiger partial charge in [0.2, 0.25) is 15.9 Å². The number of hydrogen-bond acceptors (Lipinski definition) is 3. The Morgan fingerprint density at radius 2 is 1.95 bits per heavy atom. The maximum absolute atomic E-state index is 12.2. The van der Waals surface area contributed by atoms with E-state index in [2.05, 4.69) is 5.32 Å². The van der Waals surface area contributed by atoms with Gasteiger partial charge < -0.3 is 5.32 Å². The van der Waals surface area contributed by atoms with Crippen molar-refractivity contribution < 1.29 is 13.2 Å². The van der Waals surface area contributed by atoms with Gasteiger partial charge in [-0.15, -0.1) is 0 Å². The lowest BCUT2D eigenvalue weighted by Crippen LogP contribution is -2.44. The van der Waals surface area contributed by atoms with Crippen LogP contribution in [0.5, 0.6) is 0 Å². The average molecular weight is 288 g/mol. The minimum Gasteiger partial charge on any atom is -0.356 e. The molecule has 6 heteroatoms. The molecule has 2 fully saturated rings. The average Bonchev–Trinajstić information content (AvgIpc) is 2.69. The summed E-state index contributed by atoms with van der Waals surface area (Å²) in [6.45, 7) is 5.92. The maximum Gasteiger partial charge on any atom is 0.220 e. The molecule has 1 N–H and O–H groups in total. The number of sulfonamides is 1. The van der Waals surface area contributed by atoms with Crippen LogP contribution in [0, 0.1) is 11.3 Å². The summed E-state index contributed by atoms with van der Waals surface area (Å²) in [4.78, 5) is 11.3. The molecule has 1 spiro atoms. The van der Waals surface area contributed by atoms with Crippen LogP contribution in [0.25, 0.3) is 0 Å². The monoisotopic (exact) mass is 288 g/mol. The molecule has 0 bridgehead atoms. The van der Waals surface area contributed by atoms with Crippen LogP contribution in [0.4, 0.5) is 0 Å². The number of carbonyl (C=O) groups excluding carboxylic acids is 1. The van der Waals surface area contributed by atoms with Crippen LogP contribution in [-0.2, 0) is 14.8 Å². The topological polar surface area (TPSA) is 66.5 Å². The van der Waals surface area contributed by atoms with Crippen LogP contribution < -0.4 is 5.32 Å². The highest BCUT2D eigenvalue weighted by atomic mass is 32.2. The number of nitrogens with one attached hydrogen (secondary N) is 1. The molecule has 0 unspecified atom stereocenters. The highest BCUT2D eigenvalue weighted by molar-refractivity contribution is 7.89. The first-order valence-electron chi connectivity index (χ1n) is 7.08. The molecule has 0 aromatic carbocycles. The molecule has 110 valence electrons. The Labute approximate surface area is 115 Å². The molecule has 2 aliphatic rings. The van der Waals surface area contributed by atoms with Crippen molar-refractivity contribution in [3.05, 3.63) is 0 Å². The van der Waals surface area contributed by atoms with E-state index in [1.807, 2.05) is 13.8 Å². The summed E-state index contributed by atoms with van der Waals surface area (Å²) in [5, 5.41) is 2.87. The standard InChI is InChI=1S/C13H24N2O3S/c1-11(2)3-8-19(17,18)15-6-4-13(5-7-15)9-12(16)14-10-13/h11H,3-10H2,1-2H3,(H,14,16). The Hall–Kier alpha value is -0.620. The van der Waals surface area contributed by atoms with Gasteiger partial charge in [-0.3, -0.25) is 4.79 Å². The Morgan fingerprint density at radius 3 is 2.42 bits per heavy atom. The Bertz CT molecular complexity index is 437. The van der Waals surface area contributed by atoms with Gasteiger partial charge in [0.1, 0.15) is 0 Å². The fourth-order valence-corrected chi connectivity index (χ4v) is 4.62. The van der Waals surface area contributed by atoms with Crippen LogP contribution in [0.1, 0.15) is 39.5 Å².